The van der Waals surface area contributed by atoms with E-state index in [1.807, 2.05) is 19.9 Å². The lowest BCUT2D eigenvalue weighted by Crippen LogP contribution is -2.38. The number of sulfonamides is 1. The number of ether oxygens (including phenoxy) is 1. The molecule has 1 aromatic heterocycles. The fourth-order valence-corrected chi connectivity index (χ4v) is 5.08. The minimum absolute atomic E-state index is 0.0857. The largest absolute Gasteiger partial charge is 0.383 e. The first-order chi connectivity index (χ1) is 9.93. The molecule has 1 N–H and O–H groups in total. The second-order valence-electron chi connectivity index (χ2n) is 5.03. The predicted molar refractivity (Wildman–Crippen MR) is 87.5 cm³/mol. The van der Waals surface area contributed by atoms with Crippen LogP contribution in [0.2, 0.25) is 0 Å². The molecule has 1 aromatic rings. The van der Waals surface area contributed by atoms with Gasteiger partial charge in [-0.05, 0) is 45.5 Å². The first-order valence-electron chi connectivity index (χ1n) is 7.23. The summed E-state index contributed by atoms with van der Waals surface area (Å²) in [7, 11) is -1.85. The van der Waals surface area contributed by atoms with Crippen LogP contribution in [0.3, 0.4) is 0 Å². The molecule has 0 unspecified atom stereocenters. The highest BCUT2D eigenvalue weighted by Gasteiger charge is 2.28. The molecule has 0 aromatic carbocycles. The van der Waals surface area contributed by atoms with Crippen LogP contribution in [-0.4, -0.2) is 52.1 Å². The van der Waals surface area contributed by atoms with E-state index in [-0.39, 0.29) is 6.04 Å². The molecule has 0 aliphatic carbocycles. The molecule has 1 heterocycles. The van der Waals surface area contributed by atoms with Crippen molar-refractivity contribution in [2.45, 2.75) is 37.4 Å². The maximum absolute atomic E-state index is 12.7. The van der Waals surface area contributed by atoms with Crippen LogP contribution >= 0.6 is 11.3 Å². The van der Waals surface area contributed by atoms with Crippen molar-refractivity contribution in [3.05, 3.63) is 17.0 Å². The second-order valence-corrected chi connectivity index (χ2v) is 8.31. The number of likely N-dealkylation sites (N-methyl/N-ethyl adjacent to an activating group) is 1. The Labute approximate surface area is 132 Å². The Bertz CT molecular complexity index is 512. The quantitative estimate of drug-likeness (QED) is 0.665. The van der Waals surface area contributed by atoms with Gasteiger partial charge in [0.15, 0.2) is 0 Å². The van der Waals surface area contributed by atoms with Crippen molar-refractivity contribution in [3.63, 3.8) is 0 Å². The van der Waals surface area contributed by atoms with Crippen molar-refractivity contribution >= 4 is 21.4 Å². The van der Waals surface area contributed by atoms with Gasteiger partial charge in [-0.15, -0.1) is 11.3 Å². The summed E-state index contributed by atoms with van der Waals surface area (Å²) < 4.78 is 32.3. The molecule has 21 heavy (non-hydrogen) atoms. The minimum Gasteiger partial charge on any atom is -0.383 e. The molecule has 0 aliphatic heterocycles. The standard InChI is InChI=1S/C14H26N2O3S2/c1-5-15-9-8-13-6-7-14(20-13)21(17,18)16(12(2)3)10-11-19-4/h6-7,12,15H,5,8-11H2,1-4H3. The Morgan fingerprint density at radius 1 is 1.38 bits per heavy atom. The summed E-state index contributed by atoms with van der Waals surface area (Å²) in [5, 5.41) is 3.24. The van der Waals surface area contributed by atoms with Gasteiger partial charge >= 0.3 is 0 Å². The zero-order valence-electron chi connectivity index (χ0n) is 13.3. The number of rotatable bonds is 10. The van der Waals surface area contributed by atoms with E-state index in [1.165, 1.54) is 15.6 Å². The maximum Gasteiger partial charge on any atom is 0.252 e. The van der Waals surface area contributed by atoms with Gasteiger partial charge in [-0.3, -0.25) is 0 Å². The smallest absolute Gasteiger partial charge is 0.252 e. The lowest BCUT2D eigenvalue weighted by molar-refractivity contribution is 0.171. The summed E-state index contributed by atoms with van der Waals surface area (Å²) >= 11 is 1.36. The molecule has 0 saturated heterocycles. The SMILES string of the molecule is CCNCCc1ccc(S(=O)(=O)N(CCOC)C(C)C)s1. The third-order valence-electron chi connectivity index (χ3n) is 3.09. The fourth-order valence-electron chi connectivity index (χ4n) is 1.97. The molecule has 0 saturated carbocycles. The third-order valence-corrected chi connectivity index (χ3v) is 6.78. The number of hydrogen-bond acceptors (Lipinski definition) is 5. The normalized spacial score (nSPS) is 12.5. The van der Waals surface area contributed by atoms with Crippen LogP contribution in [0, 0.1) is 0 Å². The van der Waals surface area contributed by atoms with Crippen molar-refractivity contribution in [1.82, 2.24) is 9.62 Å². The average Bonchev–Trinajstić information content (AvgIpc) is 2.88. The molecule has 122 valence electrons. The maximum atomic E-state index is 12.7. The average molecular weight is 335 g/mol. The molecule has 0 radical (unpaired) electrons. The van der Waals surface area contributed by atoms with Crippen molar-refractivity contribution in [2.75, 3.05) is 33.4 Å². The summed E-state index contributed by atoms with van der Waals surface area (Å²) in [6.45, 7) is 8.39. The van der Waals surface area contributed by atoms with Gasteiger partial charge in [-0.2, -0.15) is 4.31 Å². The van der Waals surface area contributed by atoms with Crippen LogP contribution in [0.1, 0.15) is 25.6 Å². The highest BCUT2D eigenvalue weighted by atomic mass is 32.2. The zero-order chi connectivity index (χ0) is 15.9. The van der Waals surface area contributed by atoms with E-state index in [9.17, 15) is 8.42 Å². The third kappa shape index (κ3) is 5.34. The van der Waals surface area contributed by atoms with Gasteiger partial charge in [0.25, 0.3) is 10.0 Å². The molecular formula is C14H26N2O3S2. The van der Waals surface area contributed by atoms with Gasteiger partial charge in [0, 0.05) is 24.6 Å². The Hall–Kier alpha value is -0.470. The van der Waals surface area contributed by atoms with E-state index in [2.05, 4.69) is 12.2 Å². The molecule has 0 aliphatic rings. The van der Waals surface area contributed by atoms with Crippen molar-refractivity contribution < 1.29 is 13.2 Å². The molecule has 0 bridgehead atoms. The first-order valence-corrected chi connectivity index (χ1v) is 9.49. The minimum atomic E-state index is -3.43. The molecule has 7 heteroatoms. The summed E-state index contributed by atoms with van der Waals surface area (Å²) in [5.41, 5.74) is 0. The van der Waals surface area contributed by atoms with Crippen LogP contribution in [-0.2, 0) is 21.2 Å². The first kappa shape index (κ1) is 18.6. The van der Waals surface area contributed by atoms with E-state index in [0.717, 1.165) is 24.4 Å². The molecule has 0 atom stereocenters. The molecular weight excluding hydrogens is 308 g/mol. The lowest BCUT2D eigenvalue weighted by Gasteiger charge is -2.24. The second kappa shape index (κ2) is 8.85. The number of hydrogen-bond donors (Lipinski definition) is 1. The molecule has 1 rings (SSSR count). The van der Waals surface area contributed by atoms with Gasteiger partial charge in [0.05, 0.1) is 6.61 Å². The number of nitrogens with zero attached hydrogens (tertiary/aromatic N) is 1. The summed E-state index contributed by atoms with van der Waals surface area (Å²) in [5.74, 6) is 0. The predicted octanol–water partition coefficient (Wildman–Crippen LogP) is 1.95. The monoisotopic (exact) mass is 334 g/mol. The topological polar surface area (TPSA) is 58.6 Å². The van der Waals surface area contributed by atoms with Crippen LogP contribution in [0.15, 0.2) is 16.3 Å². The van der Waals surface area contributed by atoms with Crippen molar-refractivity contribution in [2.24, 2.45) is 0 Å². The summed E-state index contributed by atoms with van der Waals surface area (Å²) in [6, 6.07) is 3.53. The summed E-state index contributed by atoms with van der Waals surface area (Å²) in [4.78, 5) is 1.09. The van der Waals surface area contributed by atoms with Gasteiger partial charge in [0.1, 0.15) is 4.21 Å². The number of nitrogens with one attached hydrogen (secondary N) is 1. The van der Waals surface area contributed by atoms with Crippen LogP contribution in [0.5, 0.6) is 0 Å². The highest BCUT2D eigenvalue weighted by Crippen LogP contribution is 2.26. The van der Waals surface area contributed by atoms with Crippen LogP contribution in [0.25, 0.3) is 0 Å². The fraction of sp³-hybridized carbons (Fsp3) is 0.714. The van der Waals surface area contributed by atoms with Gasteiger partial charge < -0.3 is 10.1 Å². The Kier molecular flexibility index (Phi) is 7.83. The Morgan fingerprint density at radius 3 is 2.67 bits per heavy atom. The van der Waals surface area contributed by atoms with E-state index >= 15 is 0 Å². The van der Waals surface area contributed by atoms with E-state index in [1.54, 1.807) is 13.2 Å². The molecule has 5 nitrogen and oxygen atoms in total. The molecule has 0 spiro atoms. The molecule has 0 amide bonds. The van der Waals surface area contributed by atoms with E-state index < -0.39 is 10.0 Å². The van der Waals surface area contributed by atoms with Gasteiger partial charge in [-0.1, -0.05) is 6.92 Å². The van der Waals surface area contributed by atoms with Crippen molar-refractivity contribution in [3.8, 4) is 0 Å². The number of methoxy groups -OCH3 is 1. The van der Waals surface area contributed by atoms with Gasteiger partial charge in [0.2, 0.25) is 0 Å². The van der Waals surface area contributed by atoms with Crippen molar-refractivity contribution in [1.29, 1.82) is 0 Å². The van der Waals surface area contributed by atoms with E-state index in [0.29, 0.717) is 17.4 Å². The lowest BCUT2D eigenvalue weighted by atomic mass is 10.3. The van der Waals surface area contributed by atoms with E-state index in [4.69, 9.17) is 4.74 Å². The Morgan fingerprint density at radius 2 is 2.10 bits per heavy atom. The highest BCUT2D eigenvalue weighted by molar-refractivity contribution is 7.91. The van der Waals surface area contributed by atoms with Crippen LogP contribution < -0.4 is 5.32 Å². The van der Waals surface area contributed by atoms with Gasteiger partial charge in [-0.25, -0.2) is 8.42 Å². The Balaban J connectivity index is 2.84. The molecule has 0 fully saturated rings. The summed E-state index contributed by atoms with van der Waals surface area (Å²) in [6.07, 6.45) is 0.855. The zero-order valence-corrected chi connectivity index (χ0v) is 14.9. The number of thiophene rings is 1. The van der Waals surface area contributed by atoms with Crippen LogP contribution in [0.4, 0.5) is 0 Å².